The molecule has 2 unspecified atom stereocenters. The summed E-state index contributed by atoms with van der Waals surface area (Å²) in [5.41, 5.74) is 0. The average Bonchev–Trinajstić information content (AvgIpc) is 2.27. The lowest BCUT2D eigenvalue weighted by molar-refractivity contribution is 0.534. The molecule has 1 saturated heterocycles. The number of allylic oxidation sites excluding steroid dienone is 1. The zero-order valence-corrected chi connectivity index (χ0v) is 7.08. The van der Waals surface area contributed by atoms with Crippen molar-refractivity contribution >= 4 is 11.8 Å². The minimum Gasteiger partial charge on any atom is -0.298 e. The molecule has 0 aromatic rings. The first kappa shape index (κ1) is 6.74. The second-order valence-electron chi connectivity index (χ2n) is 3.02. The third-order valence-corrected chi connectivity index (χ3v) is 3.35. The van der Waals surface area contributed by atoms with Gasteiger partial charge in [0.15, 0.2) is 0 Å². The van der Waals surface area contributed by atoms with Crippen LogP contribution in [0.1, 0.15) is 26.2 Å². The Morgan fingerprint density at radius 1 is 1.70 bits per heavy atom. The van der Waals surface area contributed by atoms with Gasteiger partial charge in [-0.3, -0.25) is 5.32 Å². The van der Waals surface area contributed by atoms with Gasteiger partial charge in [-0.05, 0) is 31.1 Å². The van der Waals surface area contributed by atoms with Gasteiger partial charge in [-0.25, -0.2) is 0 Å². The summed E-state index contributed by atoms with van der Waals surface area (Å²) in [5.74, 6) is 0. The molecule has 1 aliphatic heterocycles. The second-order valence-corrected chi connectivity index (χ2v) is 4.43. The fraction of sp³-hybridized carbons (Fsp3) is 0.750. The second kappa shape index (κ2) is 2.59. The summed E-state index contributed by atoms with van der Waals surface area (Å²) in [7, 11) is 0. The van der Waals surface area contributed by atoms with Crippen molar-refractivity contribution in [2.24, 2.45) is 0 Å². The van der Waals surface area contributed by atoms with Crippen LogP contribution in [0.3, 0.4) is 0 Å². The van der Waals surface area contributed by atoms with E-state index in [1.165, 1.54) is 19.3 Å². The Morgan fingerprint density at radius 2 is 2.60 bits per heavy atom. The van der Waals surface area contributed by atoms with E-state index in [0.29, 0.717) is 11.4 Å². The van der Waals surface area contributed by atoms with Gasteiger partial charge in [0.2, 0.25) is 0 Å². The van der Waals surface area contributed by atoms with Gasteiger partial charge in [0, 0.05) is 6.04 Å². The lowest BCUT2D eigenvalue weighted by Gasteiger charge is -2.15. The molecule has 2 rings (SSSR count). The molecule has 0 spiro atoms. The minimum atomic E-state index is 0.648. The average molecular weight is 155 g/mol. The first-order valence-electron chi connectivity index (χ1n) is 3.99. The van der Waals surface area contributed by atoms with Crippen LogP contribution in [0.2, 0.25) is 0 Å². The van der Waals surface area contributed by atoms with Gasteiger partial charge in [0.1, 0.15) is 0 Å². The number of thioether (sulfide) groups is 1. The van der Waals surface area contributed by atoms with E-state index in [2.05, 4.69) is 18.3 Å². The van der Waals surface area contributed by atoms with Crippen molar-refractivity contribution in [2.45, 2.75) is 37.6 Å². The lowest BCUT2D eigenvalue weighted by Crippen LogP contribution is -2.28. The Labute approximate surface area is 66.3 Å². The highest BCUT2D eigenvalue weighted by Gasteiger charge is 2.27. The van der Waals surface area contributed by atoms with E-state index in [0.717, 1.165) is 0 Å². The maximum Gasteiger partial charge on any atom is 0.0553 e. The number of rotatable bonds is 0. The van der Waals surface area contributed by atoms with Crippen LogP contribution < -0.4 is 5.32 Å². The van der Waals surface area contributed by atoms with Crippen LogP contribution in [0.15, 0.2) is 11.0 Å². The van der Waals surface area contributed by atoms with Gasteiger partial charge in [-0.2, -0.15) is 0 Å². The minimum absolute atomic E-state index is 0.648. The summed E-state index contributed by atoms with van der Waals surface area (Å²) in [6, 6.07) is 0.716. The van der Waals surface area contributed by atoms with Crippen molar-refractivity contribution < 1.29 is 0 Å². The van der Waals surface area contributed by atoms with E-state index >= 15 is 0 Å². The van der Waals surface area contributed by atoms with Crippen LogP contribution in [0.25, 0.3) is 0 Å². The van der Waals surface area contributed by atoms with E-state index in [1.54, 1.807) is 4.91 Å². The standard InChI is InChI=1S/C8H13NS/c1-6-9-7-4-2-3-5-8(7)10-6/h5-7,9H,2-4H2,1H3. The third-order valence-electron chi connectivity index (χ3n) is 2.13. The third kappa shape index (κ3) is 1.10. The first-order valence-corrected chi connectivity index (χ1v) is 4.87. The molecule has 2 heteroatoms. The van der Waals surface area contributed by atoms with Crippen LogP contribution in [-0.4, -0.2) is 11.4 Å². The van der Waals surface area contributed by atoms with E-state index < -0.39 is 0 Å². The van der Waals surface area contributed by atoms with Gasteiger partial charge in [-0.15, -0.1) is 11.8 Å². The molecular formula is C8H13NS. The van der Waals surface area contributed by atoms with Crippen molar-refractivity contribution in [3.05, 3.63) is 11.0 Å². The molecule has 10 heavy (non-hydrogen) atoms. The largest absolute Gasteiger partial charge is 0.298 e. The topological polar surface area (TPSA) is 12.0 Å². The van der Waals surface area contributed by atoms with Gasteiger partial charge >= 0.3 is 0 Å². The Hall–Kier alpha value is 0.0500. The number of fused-ring (bicyclic) bond motifs is 1. The lowest BCUT2D eigenvalue weighted by atomic mass is 10.0. The Morgan fingerprint density at radius 3 is 3.40 bits per heavy atom. The Balaban J connectivity index is 2.13. The predicted molar refractivity (Wildman–Crippen MR) is 45.9 cm³/mol. The quantitative estimate of drug-likeness (QED) is 0.575. The molecule has 1 heterocycles. The van der Waals surface area contributed by atoms with Crippen LogP contribution in [-0.2, 0) is 0 Å². The summed E-state index contributed by atoms with van der Waals surface area (Å²) in [6.07, 6.45) is 6.42. The summed E-state index contributed by atoms with van der Waals surface area (Å²) >= 11 is 2.00. The molecule has 1 nitrogen and oxygen atoms in total. The fourth-order valence-corrected chi connectivity index (χ4v) is 2.87. The zero-order valence-electron chi connectivity index (χ0n) is 6.26. The fourth-order valence-electron chi connectivity index (χ4n) is 1.67. The number of hydrogen-bond acceptors (Lipinski definition) is 2. The van der Waals surface area contributed by atoms with Crippen molar-refractivity contribution in [1.82, 2.24) is 5.32 Å². The van der Waals surface area contributed by atoms with Crippen molar-refractivity contribution in [1.29, 1.82) is 0 Å². The van der Waals surface area contributed by atoms with Crippen molar-refractivity contribution in [3.8, 4) is 0 Å². The number of nitrogens with one attached hydrogen (secondary N) is 1. The summed E-state index contributed by atoms with van der Waals surface area (Å²) in [5, 5.41) is 4.20. The molecule has 2 aliphatic rings. The van der Waals surface area contributed by atoms with Crippen molar-refractivity contribution in [3.63, 3.8) is 0 Å². The summed E-state index contributed by atoms with van der Waals surface area (Å²) in [6.45, 7) is 2.24. The van der Waals surface area contributed by atoms with E-state index in [1.807, 2.05) is 11.8 Å². The predicted octanol–water partition coefficient (Wildman–Crippen LogP) is 2.11. The molecule has 1 N–H and O–H groups in total. The molecule has 56 valence electrons. The molecule has 0 saturated carbocycles. The summed E-state index contributed by atoms with van der Waals surface area (Å²) in [4.78, 5) is 1.60. The van der Waals surface area contributed by atoms with Gasteiger partial charge < -0.3 is 0 Å². The molecule has 0 amide bonds. The monoisotopic (exact) mass is 155 g/mol. The summed E-state index contributed by atoms with van der Waals surface area (Å²) < 4.78 is 0. The van der Waals surface area contributed by atoms with Crippen LogP contribution in [0.5, 0.6) is 0 Å². The normalized spacial score (nSPS) is 39.1. The molecular weight excluding hydrogens is 142 g/mol. The molecule has 0 aromatic carbocycles. The van der Waals surface area contributed by atoms with Crippen LogP contribution in [0, 0.1) is 0 Å². The van der Waals surface area contributed by atoms with E-state index in [9.17, 15) is 0 Å². The first-order chi connectivity index (χ1) is 4.86. The van der Waals surface area contributed by atoms with E-state index in [4.69, 9.17) is 0 Å². The molecule has 2 atom stereocenters. The van der Waals surface area contributed by atoms with Crippen molar-refractivity contribution in [2.75, 3.05) is 0 Å². The molecule has 0 radical (unpaired) electrons. The van der Waals surface area contributed by atoms with Gasteiger partial charge in [0.05, 0.1) is 5.37 Å². The maximum atomic E-state index is 3.55. The Kier molecular flexibility index (Phi) is 1.75. The molecule has 1 fully saturated rings. The molecule has 0 bridgehead atoms. The van der Waals surface area contributed by atoms with Gasteiger partial charge in [-0.1, -0.05) is 6.08 Å². The van der Waals surface area contributed by atoms with E-state index in [-0.39, 0.29) is 0 Å². The molecule has 1 aliphatic carbocycles. The zero-order chi connectivity index (χ0) is 6.97. The van der Waals surface area contributed by atoms with Crippen LogP contribution >= 0.6 is 11.8 Å². The smallest absolute Gasteiger partial charge is 0.0553 e. The highest BCUT2D eigenvalue weighted by molar-refractivity contribution is 8.03. The highest BCUT2D eigenvalue weighted by Crippen LogP contribution is 2.36. The SMILES string of the molecule is CC1NC2CCCC=C2S1. The molecule has 0 aromatic heterocycles. The van der Waals surface area contributed by atoms with Gasteiger partial charge in [0.25, 0.3) is 0 Å². The maximum absolute atomic E-state index is 3.55. The number of hydrogen-bond donors (Lipinski definition) is 1. The highest BCUT2D eigenvalue weighted by atomic mass is 32.2. The van der Waals surface area contributed by atoms with Crippen LogP contribution in [0.4, 0.5) is 0 Å². The Bertz CT molecular complexity index is 165.